The molecule has 0 bridgehead atoms. The summed E-state index contributed by atoms with van der Waals surface area (Å²) in [6.07, 6.45) is 0.531. The van der Waals surface area contributed by atoms with E-state index in [1.54, 1.807) is 6.07 Å². The molecule has 4 rings (SSSR count). The normalized spacial score (nSPS) is 26.8. The van der Waals surface area contributed by atoms with Crippen LogP contribution in [-0.4, -0.2) is 60.0 Å². The van der Waals surface area contributed by atoms with Gasteiger partial charge in [0.1, 0.15) is 0 Å². The Morgan fingerprint density at radius 2 is 2.14 bits per heavy atom. The van der Waals surface area contributed by atoms with Crippen LogP contribution in [-0.2, 0) is 20.7 Å². The van der Waals surface area contributed by atoms with Gasteiger partial charge in [-0.05, 0) is 18.1 Å². The molecule has 28 heavy (non-hydrogen) atoms. The highest BCUT2D eigenvalue weighted by atomic mass is 16.6. The molecule has 2 saturated heterocycles. The first kappa shape index (κ1) is 18.4. The number of hydrogen-bond acceptors (Lipinski definition) is 7. The van der Waals surface area contributed by atoms with Gasteiger partial charge in [-0.1, -0.05) is 6.92 Å². The van der Waals surface area contributed by atoms with Crippen molar-refractivity contribution in [3.05, 3.63) is 33.9 Å². The standard InChI is InChI=1S/C18H20N4O6/c1-2-5-21-16(24)18(15(23)19-17(21)25)9-11-8-12(22(26)27)3-4-13(11)20-6-7-28-10-14(18)20/h3-4,8,14H,2,5-7,9-10H2,1H3,(H,19,23,25)/t14-,18+/m0/s1. The summed E-state index contributed by atoms with van der Waals surface area (Å²) in [5.74, 6) is -1.24. The number of nitrogens with zero attached hydrogens (tertiary/aromatic N) is 3. The number of morpholine rings is 1. The van der Waals surface area contributed by atoms with E-state index >= 15 is 0 Å². The minimum atomic E-state index is -1.56. The van der Waals surface area contributed by atoms with Gasteiger partial charge in [-0.25, -0.2) is 4.79 Å². The molecular weight excluding hydrogens is 368 g/mol. The van der Waals surface area contributed by atoms with E-state index in [0.717, 1.165) is 10.6 Å². The second-order valence-electron chi connectivity index (χ2n) is 7.22. The van der Waals surface area contributed by atoms with Crippen LogP contribution in [0.4, 0.5) is 16.2 Å². The highest BCUT2D eigenvalue weighted by Gasteiger charge is 2.62. The first-order valence-electron chi connectivity index (χ1n) is 9.19. The summed E-state index contributed by atoms with van der Waals surface area (Å²) in [7, 11) is 0. The number of benzene rings is 1. The maximum atomic E-state index is 13.4. The number of nitrogens with one attached hydrogen (secondary N) is 1. The second-order valence-corrected chi connectivity index (χ2v) is 7.22. The topological polar surface area (TPSA) is 122 Å². The van der Waals surface area contributed by atoms with Gasteiger partial charge in [0.25, 0.3) is 5.69 Å². The average Bonchev–Trinajstić information content (AvgIpc) is 2.69. The van der Waals surface area contributed by atoms with Crippen LogP contribution in [0.25, 0.3) is 0 Å². The van der Waals surface area contributed by atoms with Crippen molar-refractivity contribution >= 4 is 29.2 Å². The van der Waals surface area contributed by atoms with Crippen molar-refractivity contribution in [1.82, 2.24) is 10.2 Å². The van der Waals surface area contributed by atoms with Crippen LogP contribution in [0.5, 0.6) is 0 Å². The molecule has 1 aromatic carbocycles. The summed E-state index contributed by atoms with van der Waals surface area (Å²) < 4.78 is 5.58. The maximum Gasteiger partial charge on any atom is 0.330 e. The molecule has 3 heterocycles. The minimum Gasteiger partial charge on any atom is -0.377 e. The van der Waals surface area contributed by atoms with Crippen LogP contribution in [0.2, 0.25) is 0 Å². The number of anilines is 1. The number of nitro groups is 1. The molecule has 148 valence electrons. The smallest absolute Gasteiger partial charge is 0.330 e. The number of amides is 4. The van der Waals surface area contributed by atoms with E-state index in [1.807, 2.05) is 11.8 Å². The van der Waals surface area contributed by atoms with Crippen LogP contribution >= 0.6 is 0 Å². The Hall–Kier alpha value is -3.01. The number of non-ortho nitro benzene ring substituents is 1. The number of carbonyl (C=O) groups excluding carboxylic acids is 3. The molecule has 0 aromatic heterocycles. The van der Waals surface area contributed by atoms with Crippen LogP contribution in [0.15, 0.2) is 18.2 Å². The first-order valence-corrected chi connectivity index (χ1v) is 9.19. The fraction of sp³-hybridized carbons (Fsp3) is 0.500. The van der Waals surface area contributed by atoms with Crippen LogP contribution in [0, 0.1) is 15.5 Å². The zero-order valence-corrected chi connectivity index (χ0v) is 15.3. The molecule has 3 aliphatic rings. The lowest BCUT2D eigenvalue weighted by molar-refractivity contribution is -0.384. The number of nitro benzene ring substituents is 1. The highest BCUT2D eigenvalue weighted by molar-refractivity contribution is 6.20. The van der Waals surface area contributed by atoms with E-state index in [1.165, 1.54) is 12.1 Å². The third-order valence-corrected chi connectivity index (χ3v) is 5.69. The van der Waals surface area contributed by atoms with Crippen molar-refractivity contribution in [3.8, 4) is 0 Å². The van der Waals surface area contributed by atoms with Crippen molar-refractivity contribution < 1.29 is 24.0 Å². The third-order valence-electron chi connectivity index (χ3n) is 5.69. The van der Waals surface area contributed by atoms with Crippen LogP contribution < -0.4 is 10.2 Å². The summed E-state index contributed by atoms with van der Waals surface area (Å²) in [4.78, 5) is 52.4. The molecule has 1 aromatic rings. The molecule has 0 unspecified atom stereocenters. The molecule has 0 radical (unpaired) electrons. The Bertz CT molecular complexity index is 887. The van der Waals surface area contributed by atoms with Gasteiger partial charge < -0.3 is 9.64 Å². The number of carbonyl (C=O) groups is 3. The lowest BCUT2D eigenvalue weighted by Gasteiger charge is -2.53. The number of imide groups is 2. The Morgan fingerprint density at radius 1 is 1.36 bits per heavy atom. The van der Waals surface area contributed by atoms with E-state index in [4.69, 9.17) is 4.74 Å². The highest BCUT2D eigenvalue weighted by Crippen LogP contribution is 2.46. The average molecular weight is 388 g/mol. The molecule has 0 aliphatic carbocycles. The van der Waals surface area contributed by atoms with Crippen molar-refractivity contribution in [2.75, 3.05) is 31.2 Å². The summed E-state index contributed by atoms with van der Waals surface area (Å²) in [5, 5.41) is 13.5. The van der Waals surface area contributed by atoms with Gasteiger partial charge in [0.15, 0.2) is 5.41 Å². The van der Waals surface area contributed by atoms with Crippen molar-refractivity contribution in [1.29, 1.82) is 0 Å². The Labute approximate surface area is 160 Å². The number of urea groups is 1. The number of ether oxygens (including phenoxy) is 1. The molecule has 1 N–H and O–H groups in total. The molecule has 1 spiro atoms. The number of rotatable bonds is 3. The summed E-state index contributed by atoms with van der Waals surface area (Å²) in [6.45, 7) is 3.04. The molecule has 4 amide bonds. The fourth-order valence-corrected chi connectivity index (χ4v) is 4.41. The number of fused-ring (bicyclic) bond motifs is 4. The quantitative estimate of drug-likeness (QED) is 0.462. The number of hydrogen-bond donors (Lipinski definition) is 1. The Morgan fingerprint density at radius 3 is 2.86 bits per heavy atom. The SMILES string of the molecule is CCCN1C(=O)NC(=O)[C@]2(Cc3cc([N+](=O)[O-])ccc3N3CCOC[C@H]32)C1=O. The maximum absolute atomic E-state index is 13.4. The minimum absolute atomic E-state index is 0.0211. The van der Waals surface area contributed by atoms with E-state index in [0.29, 0.717) is 25.1 Å². The van der Waals surface area contributed by atoms with E-state index in [2.05, 4.69) is 5.32 Å². The van der Waals surface area contributed by atoms with Crippen LogP contribution in [0.3, 0.4) is 0 Å². The Kier molecular flexibility index (Phi) is 4.30. The molecule has 0 saturated carbocycles. The van der Waals surface area contributed by atoms with Gasteiger partial charge in [0.05, 0.1) is 24.2 Å². The van der Waals surface area contributed by atoms with E-state index < -0.39 is 34.2 Å². The van der Waals surface area contributed by atoms with Gasteiger partial charge in [-0.2, -0.15) is 0 Å². The molecule has 10 nitrogen and oxygen atoms in total. The lowest BCUT2D eigenvalue weighted by Crippen LogP contribution is -2.73. The van der Waals surface area contributed by atoms with Gasteiger partial charge in [0, 0.05) is 37.3 Å². The summed E-state index contributed by atoms with van der Waals surface area (Å²) in [6, 6.07) is 3.16. The molecule has 3 aliphatic heterocycles. The van der Waals surface area contributed by atoms with Crippen molar-refractivity contribution in [3.63, 3.8) is 0 Å². The van der Waals surface area contributed by atoms with Crippen LogP contribution in [0.1, 0.15) is 18.9 Å². The first-order chi connectivity index (χ1) is 13.4. The van der Waals surface area contributed by atoms with Gasteiger partial charge >= 0.3 is 6.03 Å². The number of barbiturate groups is 1. The van der Waals surface area contributed by atoms with Gasteiger partial charge in [0.2, 0.25) is 11.8 Å². The summed E-state index contributed by atoms with van der Waals surface area (Å²) in [5.41, 5.74) is -0.373. The zero-order valence-electron chi connectivity index (χ0n) is 15.3. The van der Waals surface area contributed by atoms with Crippen molar-refractivity contribution in [2.24, 2.45) is 5.41 Å². The zero-order chi connectivity index (χ0) is 20.1. The molecular formula is C18H20N4O6. The molecule has 10 heteroatoms. The molecule has 2 atom stereocenters. The predicted octanol–water partition coefficient (Wildman–Crippen LogP) is 0.831. The fourth-order valence-electron chi connectivity index (χ4n) is 4.41. The largest absolute Gasteiger partial charge is 0.377 e. The Balaban J connectivity index is 1.87. The lowest BCUT2D eigenvalue weighted by atomic mass is 9.68. The monoisotopic (exact) mass is 388 g/mol. The second kappa shape index (κ2) is 6.55. The van der Waals surface area contributed by atoms with E-state index in [-0.39, 0.29) is 25.3 Å². The predicted molar refractivity (Wildman–Crippen MR) is 96.7 cm³/mol. The third kappa shape index (κ3) is 2.48. The van der Waals surface area contributed by atoms with Gasteiger partial charge in [-0.15, -0.1) is 0 Å². The summed E-state index contributed by atoms with van der Waals surface area (Å²) >= 11 is 0. The van der Waals surface area contributed by atoms with Gasteiger partial charge in [-0.3, -0.25) is 29.9 Å². The molecule has 2 fully saturated rings. The van der Waals surface area contributed by atoms with Crippen molar-refractivity contribution in [2.45, 2.75) is 25.8 Å². The van der Waals surface area contributed by atoms with E-state index in [9.17, 15) is 24.5 Å².